The quantitative estimate of drug-likeness (QED) is 0.525. The molecule has 34 heavy (non-hydrogen) atoms. The molecule has 2 N–H and O–H groups in total. The molecular formula is C25H23F3N2O4. The van der Waals surface area contributed by atoms with Gasteiger partial charge in [0.15, 0.2) is 0 Å². The summed E-state index contributed by atoms with van der Waals surface area (Å²) in [6, 6.07) is 13.2. The fourth-order valence-electron chi connectivity index (χ4n) is 3.78. The van der Waals surface area contributed by atoms with E-state index in [1.165, 1.54) is 36.4 Å². The Morgan fingerprint density at radius 1 is 1.15 bits per heavy atom. The van der Waals surface area contributed by atoms with Crippen molar-refractivity contribution in [3.63, 3.8) is 0 Å². The number of hydrogen-bond donors (Lipinski definition) is 2. The topological polar surface area (TPSA) is 80.7 Å². The van der Waals surface area contributed by atoms with Crippen LogP contribution in [-0.4, -0.2) is 35.8 Å². The number of amides is 1. The summed E-state index contributed by atoms with van der Waals surface area (Å²) in [4.78, 5) is 17.5. The number of anilines is 1. The van der Waals surface area contributed by atoms with Gasteiger partial charge in [0.25, 0.3) is 0 Å². The molecule has 0 saturated carbocycles. The molecule has 9 heteroatoms. The van der Waals surface area contributed by atoms with Crippen molar-refractivity contribution in [2.75, 3.05) is 18.5 Å². The molecule has 0 atom stereocenters. The molecule has 1 fully saturated rings. The zero-order valence-electron chi connectivity index (χ0n) is 18.5. The van der Waals surface area contributed by atoms with E-state index < -0.39 is 23.4 Å². The van der Waals surface area contributed by atoms with Crippen LogP contribution in [0.4, 0.5) is 18.9 Å². The van der Waals surface area contributed by atoms with Gasteiger partial charge in [0.2, 0.25) is 5.91 Å². The Bertz CT molecular complexity index is 1170. The number of carbonyl (C=O) groups excluding carboxylic acids is 1. The molecule has 6 nitrogen and oxygen atoms in total. The van der Waals surface area contributed by atoms with Crippen LogP contribution in [0.3, 0.4) is 0 Å². The molecule has 2 heterocycles. The third kappa shape index (κ3) is 4.76. The van der Waals surface area contributed by atoms with Crippen molar-refractivity contribution in [2.24, 2.45) is 0 Å². The summed E-state index contributed by atoms with van der Waals surface area (Å²) in [6.45, 7) is 0.381. The van der Waals surface area contributed by atoms with Crippen molar-refractivity contribution in [3.8, 4) is 16.9 Å². The minimum Gasteiger partial charge on any atom is -0.435 e. The standard InChI is InChI=1S/C25H23F3N2O4/c1-24(2,32)20-11-18(34-23(27)28)8-9-19(20)15-3-10-21(29-12-15)25(13-33-14-25)22(31)30-17-6-4-16(26)5-7-17/h3-12,23,32H,13-14H2,1-2H3,(H,30,31). The molecule has 0 radical (unpaired) electrons. The molecule has 0 aliphatic carbocycles. The number of carbonyl (C=O) groups is 1. The van der Waals surface area contributed by atoms with Gasteiger partial charge in [-0.25, -0.2) is 4.39 Å². The molecule has 1 aliphatic heterocycles. The van der Waals surface area contributed by atoms with Crippen LogP contribution in [0.15, 0.2) is 60.8 Å². The van der Waals surface area contributed by atoms with Crippen molar-refractivity contribution >= 4 is 11.6 Å². The number of alkyl halides is 2. The first-order chi connectivity index (χ1) is 16.1. The summed E-state index contributed by atoms with van der Waals surface area (Å²) in [5, 5.41) is 13.4. The van der Waals surface area contributed by atoms with Crippen LogP contribution in [0.1, 0.15) is 25.1 Å². The van der Waals surface area contributed by atoms with Gasteiger partial charge in [-0.2, -0.15) is 8.78 Å². The van der Waals surface area contributed by atoms with E-state index in [2.05, 4.69) is 15.0 Å². The molecule has 1 amide bonds. The zero-order valence-corrected chi connectivity index (χ0v) is 18.5. The molecule has 178 valence electrons. The lowest BCUT2D eigenvalue weighted by molar-refractivity contribution is -0.140. The number of pyridine rings is 1. The summed E-state index contributed by atoms with van der Waals surface area (Å²) in [6.07, 6.45) is 1.55. The number of nitrogens with one attached hydrogen (secondary N) is 1. The SMILES string of the molecule is CC(C)(O)c1cc(OC(F)F)ccc1-c1ccc(C2(C(=O)Nc3ccc(F)cc3)COC2)nc1. The van der Waals surface area contributed by atoms with E-state index >= 15 is 0 Å². The summed E-state index contributed by atoms with van der Waals surface area (Å²) < 4.78 is 48.2. The van der Waals surface area contributed by atoms with Gasteiger partial charge in [0, 0.05) is 17.4 Å². The predicted molar refractivity (Wildman–Crippen MR) is 119 cm³/mol. The van der Waals surface area contributed by atoms with Crippen molar-refractivity contribution in [1.29, 1.82) is 0 Å². The number of halogens is 3. The molecule has 0 unspecified atom stereocenters. The van der Waals surface area contributed by atoms with Gasteiger partial charge in [-0.3, -0.25) is 9.78 Å². The third-order valence-corrected chi connectivity index (χ3v) is 5.67. The molecule has 3 aromatic rings. The number of benzene rings is 2. The maximum Gasteiger partial charge on any atom is 0.387 e. The fraction of sp³-hybridized carbons (Fsp3) is 0.280. The van der Waals surface area contributed by atoms with Gasteiger partial charge in [0.1, 0.15) is 17.0 Å². The summed E-state index contributed by atoms with van der Waals surface area (Å²) in [5.41, 5.74) is 0.200. The Morgan fingerprint density at radius 2 is 1.85 bits per heavy atom. The molecule has 1 aromatic heterocycles. The van der Waals surface area contributed by atoms with Crippen LogP contribution in [0, 0.1) is 5.82 Å². The Morgan fingerprint density at radius 3 is 2.38 bits per heavy atom. The van der Waals surface area contributed by atoms with Crippen LogP contribution in [0.2, 0.25) is 0 Å². The van der Waals surface area contributed by atoms with Gasteiger partial charge in [-0.05, 0) is 67.4 Å². The van der Waals surface area contributed by atoms with Gasteiger partial charge < -0.3 is 19.9 Å². The average Bonchev–Trinajstić information content (AvgIpc) is 2.74. The third-order valence-electron chi connectivity index (χ3n) is 5.67. The molecular weight excluding hydrogens is 449 g/mol. The number of ether oxygens (including phenoxy) is 2. The van der Waals surface area contributed by atoms with E-state index in [-0.39, 0.29) is 24.9 Å². The highest BCUT2D eigenvalue weighted by molar-refractivity contribution is 5.99. The first-order valence-electron chi connectivity index (χ1n) is 10.5. The van der Waals surface area contributed by atoms with E-state index in [4.69, 9.17) is 4.74 Å². The number of aromatic nitrogens is 1. The molecule has 1 aliphatic rings. The fourth-order valence-corrected chi connectivity index (χ4v) is 3.78. The minimum absolute atomic E-state index is 0.0662. The lowest BCUT2D eigenvalue weighted by atomic mass is 9.80. The van der Waals surface area contributed by atoms with Crippen molar-refractivity contribution in [3.05, 3.63) is 77.9 Å². The highest BCUT2D eigenvalue weighted by Crippen LogP contribution is 2.37. The van der Waals surface area contributed by atoms with E-state index in [0.717, 1.165) is 0 Å². The highest BCUT2D eigenvalue weighted by Gasteiger charge is 2.49. The minimum atomic E-state index is -2.98. The zero-order chi connectivity index (χ0) is 24.5. The van der Waals surface area contributed by atoms with Crippen molar-refractivity contribution in [2.45, 2.75) is 31.5 Å². The molecule has 0 spiro atoms. The van der Waals surface area contributed by atoms with E-state index in [9.17, 15) is 23.1 Å². The second-order valence-corrected chi connectivity index (χ2v) is 8.61. The lowest BCUT2D eigenvalue weighted by Gasteiger charge is -2.39. The second kappa shape index (κ2) is 9.08. The van der Waals surface area contributed by atoms with Crippen molar-refractivity contribution < 1.29 is 32.5 Å². The summed E-state index contributed by atoms with van der Waals surface area (Å²) in [7, 11) is 0. The molecule has 1 saturated heterocycles. The van der Waals surface area contributed by atoms with Crippen LogP contribution in [0.5, 0.6) is 5.75 Å². The molecule has 2 aromatic carbocycles. The maximum atomic E-state index is 13.2. The van der Waals surface area contributed by atoms with E-state index in [0.29, 0.717) is 28.1 Å². The van der Waals surface area contributed by atoms with Crippen LogP contribution in [-0.2, 0) is 20.5 Å². The first-order valence-corrected chi connectivity index (χ1v) is 10.5. The highest BCUT2D eigenvalue weighted by atomic mass is 19.3. The average molecular weight is 472 g/mol. The van der Waals surface area contributed by atoms with Gasteiger partial charge in [0.05, 0.1) is 24.5 Å². The number of hydrogen-bond acceptors (Lipinski definition) is 5. The van der Waals surface area contributed by atoms with Gasteiger partial charge in [-0.15, -0.1) is 0 Å². The van der Waals surface area contributed by atoms with Gasteiger partial charge >= 0.3 is 6.61 Å². The van der Waals surface area contributed by atoms with Crippen LogP contribution >= 0.6 is 0 Å². The predicted octanol–water partition coefficient (Wildman–Crippen LogP) is 4.62. The summed E-state index contributed by atoms with van der Waals surface area (Å²) in [5.74, 6) is -0.795. The lowest BCUT2D eigenvalue weighted by Crippen LogP contribution is -2.56. The van der Waals surface area contributed by atoms with Crippen LogP contribution in [0.25, 0.3) is 11.1 Å². The van der Waals surface area contributed by atoms with Gasteiger partial charge in [-0.1, -0.05) is 12.1 Å². The second-order valence-electron chi connectivity index (χ2n) is 8.61. The van der Waals surface area contributed by atoms with Crippen LogP contribution < -0.4 is 10.1 Å². The number of aliphatic hydroxyl groups is 1. The first kappa shape index (κ1) is 23.7. The number of rotatable bonds is 7. The summed E-state index contributed by atoms with van der Waals surface area (Å²) >= 11 is 0. The Labute approximate surface area is 194 Å². The monoisotopic (exact) mass is 472 g/mol. The van der Waals surface area contributed by atoms with E-state index in [1.807, 2.05) is 0 Å². The van der Waals surface area contributed by atoms with Crippen molar-refractivity contribution in [1.82, 2.24) is 4.98 Å². The molecule has 4 rings (SSSR count). The largest absolute Gasteiger partial charge is 0.435 e. The normalized spacial score (nSPS) is 15.0. The Balaban J connectivity index is 1.62. The van der Waals surface area contributed by atoms with E-state index in [1.54, 1.807) is 38.2 Å². The molecule has 0 bridgehead atoms. The Hall–Kier alpha value is -3.43. The number of nitrogens with zero attached hydrogens (tertiary/aromatic N) is 1. The maximum absolute atomic E-state index is 13.2. The Kier molecular flexibility index (Phi) is 6.33. The smallest absolute Gasteiger partial charge is 0.387 e.